The molecule has 1 aliphatic heterocycles. The zero-order valence-electron chi connectivity index (χ0n) is 16.0. The molecule has 0 aromatic carbocycles. The molecule has 0 aromatic rings. The second-order valence-corrected chi connectivity index (χ2v) is 9.76. The van der Waals surface area contributed by atoms with Gasteiger partial charge in [0.2, 0.25) is 0 Å². The van der Waals surface area contributed by atoms with Gasteiger partial charge in [-0.3, -0.25) is 4.79 Å². The number of ketones is 1. The molecule has 26 heavy (non-hydrogen) atoms. The molecule has 0 aromatic heterocycles. The van der Waals surface area contributed by atoms with Crippen LogP contribution < -0.4 is 0 Å². The number of hydrogen-bond donors (Lipinski definition) is 1. The van der Waals surface area contributed by atoms with Crippen LogP contribution in [0.3, 0.4) is 0 Å². The van der Waals surface area contributed by atoms with Crippen molar-refractivity contribution >= 4 is 5.78 Å². The Bertz CT molecular complexity index is 703. The summed E-state index contributed by atoms with van der Waals surface area (Å²) in [5.41, 5.74) is 0.866. The molecule has 0 amide bonds. The molecule has 5 rings (SSSR count). The van der Waals surface area contributed by atoms with Gasteiger partial charge in [0.15, 0.2) is 11.6 Å². The molecule has 4 heteroatoms. The van der Waals surface area contributed by atoms with E-state index >= 15 is 0 Å². The van der Waals surface area contributed by atoms with Crippen molar-refractivity contribution < 1.29 is 19.4 Å². The van der Waals surface area contributed by atoms with Crippen LogP contribution >= 0.6 is 0 Å². The number of carbonyl (C=O) groups excluding carboxylic acids is 1. The molecule has 5 aliphatic rings. The summed E-state index contributed by atoms with van der Waals surface area (Å²) in [6, 6.07) is 0. The van der Waals surface area contributed by atoms with Crippen LogP contribution in [0, 0.1) is 34.5 Å². The fraction of sp³-hybridized carbons (Fsp3) is 0.773. The average molecular weight is 358 g/mol. The highest BCUT2D eigenvalue weighted by Gasteiger charge is 2.69. The number of aliphatic hydroxyl groups excluding tert-OH is 1. The molecule has 4 aliphatic carbocycles. The van der Waals surface area contributed by atoms with Crippen molar-refractivity contribution in [2.24, 2.45) is 34.5 Å². The predicted octanol–water partition coefficient (Wildman–Crippen LogP) is 3.25. The number of allylic oxidation sites excluding steroid dienone is 4. The monoisotopic (exact) mass is 358 g/mol. The van der Waals surface area contributed by atoms with E-state index in [1.807, 2.05) is 6.08 Å². The van der Waals surface area contributed by atoms with Gasteiger partial charge in [-0.25, -0.2) is 0 Å². The Morgan fingerprint density at radius 2 is 1.96 bits per heavy atom. The van der Waals surface area contributed by atoms with Gasteiger partial charge < -0.3 is 14.6 Å². The third-order valence-corrected chi connectivity index (χ3v) is 8.65. The highest BCUT2D eigenvalue weighted by Crippen LogP contribution is 2.69. The van der Waals surface area contributed by atoms with Crippen LogP contribution in [0.1, 0.15) is 46.5 Å². The molecular weight excluding hydrogens is 328 g/mol. The minimum absolute atomic E-state index is 0.0887. The van der Waals surface area contributed by atoms with Crippen molar-refractivity contribution in [3.05, 3.63) is 23.8 Å². The lowest BCUT2D eigenvalue weighted by Gasteiger charge is -2.61. The summed E-state index contributed by atoms with van der Waals surface area (Å²) in [4.78, 5) is 12.0. The number of ether oxygens (including phenoxy) is 2. The first-order valence-corrected chi connectivity index (χ1v) is 10.2. The summed E-state index contributed by atoms with van der Waals surface area (Å²) in [6.45, 7) is 8.15. The highest BCUT2D eigenvalue weighted by atomic mass is 16.7. The van der Waals surface area contributed by atoms with E-state index in [-0.39, 0.29) is 22.5 Å². The van der Waals surface area contributed by atoms with Gasteiger partial charge in [0, 0.05) is 23.2 Å². The Kier molecular flexibility index (Phi) is 3.50. The Balaban J connectivity index is 1.59. The third-order valence-electron chi connectivity index (χ3n) is 8.65. The number of hydrogen-bond acceptors (Lipinski definition) is 4. The third kappa shape index (κ3) is 1.93. The van der Waals surface area contributed by atoms with E-state index in [1.54, 1.807) is 6.08 Å². The molecule has 6 unspecified atom stereocenters. The zero-order valence-corrected chi connectivity index (χ0v) is 16.0. The van der Waals surface area contributed by atoms with E-state index in [2.05, 4.69) is 26.8 Å². The van der Waals surface area contributed by atoms with Crippen molar-refractivity contribution in [3.8, 4) is 0 Å². The highest BCUT2D eigenvalue weighted by molar-refractivity contribution is 6.01. The molecule has 0 bridgehead atoms. The SMILES string of the molecule is C[C@@H]1CC2=CC(=O)C=CC2(C)C2C(O)CC3(C)C(CCC34OCCO4)C21. The van der Waals surface area contributed by atoms with Crippen LogP contribution in [-0.2, 0) is 14.3 Å². The molecule has 7 atom stereocenters. The Labute approximate surface area is 155 Å². The van der Waals surface area contributed by atoms with Crippen molar-refractivity contribution in [1.82, 2.24) is 0 Å². The summed E-state index contributed by atoms with van der Waals surface area (Å²) < 4.78 is 12.4. The van der Waals surface area contributed by atoms with Crippen LogP contribution in [0.25, 0.3) is 0 Å². The minimum atomic E-state index is -0.501. The molecule has 4 nitrogen and oxygen atoms in total. The van der Waals surface area contributed by atoms with Gasteiger partial charge in [0.05, 0.1) is 19.3 Å². The second kappa shape index (κ2) is 5.30. The van der Waals surface area contributed by atoms with Crippen LogP contribution in [0.2, 0.25) is 0 Å². The molecule has 3 saturated carbocycles. The van der Waals surface area contributed by atoms with Gasteiger partial charge in [-0.2, -0.15) is 0 Å². The van der Waals surface area contributed by atoms with Gasteiger partial charge in [0.1, 0.15) is 0 Å². The molecule has 0 radical (unpaired) electrons. The fourth-order valence-corrected chi connectivity index (χ4v) is 7.53. The smallest absolute Gasteiger partial charge is 0.178 e. The predicted molar refractivity (Wildman–Crippen MR) is 97.2 cm³/mol. The van der Waals surface area contributed by atoms with Crippen molar-refractivity contribution in [1.29, 1.82) is 0 Å². The number of aliphatic hydroxyl groups is 1. The van der Waals surface area contributed by atoms with E-state index in [9.17, 15) is 9.90 Å². The van der Waals surface area contributed by atoms with Crippen molar-refractivity contribution in [3.63, 3.8) is 0 Å². The molecular formula is C22H30O4. The Hall–Kier alpha value is -0.970. The molecule has 1 N–H and O–H groups in total. The van der Waals surface area contributed by atoms with E-state index in [0.717, 1.165) is 25.7 Å². The number of carbonyl (C=O) groups is 1. The summed E-state index contributed by atoms with van der Waals surface area (Å²) in [6.07, 6.45) is 8.91. The largest absolute Gasteiger partial charge is 0.393 e. The summed E-state index contributed by atoms with van der Waals surface area (Å²) in [7, 11) is 0. The van der Waals surface area contributed by atoms with E-state index in [1.165, 1.54) is 5.57 Å². The van der Waals surface area contributed by atoms with Crippen molar-refractivity contribution in [2.45, 2.75) is 58.3 Å². The lowest BCUT2D eigenvalue weighted by molar-refractivity contribution is -0.258. The standard InChI is InChI=1S/C22H30O4/c1-13-10-14-11-15(23)4-6-20(14,2)19-17(24)12-21(3)16(18(13)19)5-7-22(21)25-8-9-26-22/h4,6,11,13,16-19,24H,5,7-10,12H2,1-3H3/t13-,16?,17?,18?,19?,20?,21?/m1/s1. The molecule has 1 saturated heterocycles. The van der Waals surface area contributed by atoms with Crippen LogP contribution in [0.4, 0.5) is 0 Å². The minimum Gasteiger partial charge on any atom is -0.393 e. The Morgan fingerprint density at radius 3 is 2.69 bits per heavy atom. The molecule has 1 spiro atoms. The number of fused-ring (bicyclic) bond motifs is 6. The first kappa shape index (κ1) is 17.2. The maximum absolute atomic E-state index is 12.0. The Morgan fingerprint density at radius 1 is 1.23 bits per heavy atom. The van der Waals surface area contributed by atoms with Gasteiger partial charge in [-0.05, 0) is 49.2 Å². The van der Waals surface area contributed by atoms with Gasteiger partial charge in [0.25, 0.3) is 0 Å². The lowest BCUT2D eigenvalue weighted by atomic mass is 9.45. The van der Waals surface area contributed by atoms with Gasteiger partial charge in [-0.15, -0.1) is 0 Å². The second-order valence-electron chi connectivity index (χ2n) is 9.76. The molecule has 142 valence electrons. The van der Waals surface area contributed by atoms with Gasteiger partial charge >= 0.3 is 0 Å². The van der Waals surface area contributed by atoms with E-state index < -0.39 is 11.9 Å². The fourth-order valence-electron chi connectivity index (χ4n) is 7.53. The maximum atomic E-state index is 12.0. The maximum Gasteiger partial charge on any atom is 0.178 e. The summed E-state index contributed by atoms with van der Waals surface area (Å²) in [5.74, 6) is 1.12. The van der Waals surface area contributed by atoms with Crippen LogP contribution in [-0.4, -0.2) is 36.0 Å². The summed E-state index contributed by atoms with van der Waals surface area (Å²) in [5, 5.41) is 11.4. The average Bonchev–Trinajstić information content (AvgIpc) is 3.16. The lowest BCUT2D eigenvalue weighted by Crippen LogP contribution is -2.61. The first-order valence-electron chi connectivity index (χ1n) is 10.2. The van der Waals surface area contributed by atoms with Crippen LogP contribution in [0.5, 0.6) is 0 Å². The molecule has 4 fully saturated rings. The van der Waals surface area contributed by atoms with E-state index in [0.29, 0.717) is 31.0 Å². The zero-order chi connectivity index (χ0) is 18.3. The topological polar surface area (TPSA) is 55.8 Å². The van der Waals surface area contributed by atoms with Gasteiger partial charge in [-0.1, -0.05) is 32.4 Å². The number of rotatable bonds is 0. The first-order chi connectivity index (χ1) is 12.3. The van der Waals surface area contributed by atoms with E-state index in [4.69, 9.17) is 9.47 Å². The molecule has 1 heterocycles. The van der Waals surface area contributed by atoms with Crippen LogP contribution in [0.15, 0.2) is 23.8 Å². The quantitative estimate of drug-likeness (QED) is 0.722. The van der Waals surface area contributed by atoms with Crippen molar-refractivity contribution in [2.75, 3.05) is 13.2 Å². The normalized spacial score (nSPS) is 51.8. The summed E-state index contributed by atoms with van der Waals surface area (Å²) >= 11 is 0.